The highest BCUT2D eigenvalue weighted by molar-refractivity contribution is 9.09. The number of rotatable bonds is 4. The maximum Gasteiger partial charge on any atom is 0.269 e. The van der Waals surface area contributed by atoms with Crippen LogP contribution in [0.3, 0.4) is 0 Å². The Balaban J connectivity index is 2.04. The van der Waals surface area contributed by atoms with Crippen LogP contribution in [0.15, 0.2) is 65.6 Å². The second-order valence-electron chi connectivity index (χ2n) is 4.96. The fraction of sp³-hybridized carbons (Fsp3) is 0.176. The van der Waals surface area contributed by atoms with Gasteiger partial charge < -0.3 is 4.57 Å². The molecular formula is C17H15BrN2O. The van der Waals surface area contributed by atoms with Gasteiger partial charge in [0.2, 0.25) is 0 Å². The van der Waals surface area contributed by atoms with Crippen molar-refractivity contribution >= 4 is 27.0 Å². The first-order valence-electron chi connectivity index (χ1n) is 6.85. The Labute approximate surface area is 131 Å². The minimum atomic E-state index is -0.0596. The van der Waals surface area contributed by atoms with Crippen molar-refractivity contribution in [2.24, 2.45) is 0 Å². The number of hydrogen-bond donors (Lipinski definition) is 0. The number of nitrogens with zero attached hydrogens (tertiary/aromatic N) is 2. The Hall–Kier alpha value is -1.94. The third kappa shape index (κ3) is 2.90. The SMILES string of the molecule is O=c1cnc2ccccc2n1CC(CBr)c1ccccc1. The minimum Gasteiger partial charge on any atom is -0.305 e. The largest absolute Gasteiger partial charge is 0.305 e. The van der Waals surface area contributed by atoms with E-state index in [1.807, 2.05) is 42.5 Å². The highest BCUT2D eigenvalue weighted by Gasteiger charge is 2.13. The van der Waals surface area contributed by atoms with Crippen LogP contribution in [0.2, 0.25) is 0 Å². The average Bonchev–Trinajstić information content (AvgIpc) is 2.55. The molecule has 0 aliphatic rings. The van der Waals surface area contributed by atoms with Crippen molar-refractivity contribution in [2.45, 2.75) is 12.5 Å². The van der Waals surface area contributed by atoms with Gasteiger partial charge in [0, 0.05) is 17.8 Å². The van der Waals surface area contributed by atoms with Gasteiger partial charge in [-0.15, -0.1) is 0 Å². The van der Waals surface area contributed by atoms with Crippen molar-refractivity contribution in [1.29, 1.82) is 0 Å². The summed E-state index contributed by atoms with van der Waals surface area (Å²) in [5.74, 6) is 0.245. The molecule has 0 fully saturated rings. The Morgan fingerprint density at radius 1 is 1.05 bits per heavy atom. The molecule has 106 valence electrons. The Morgan fingerprint density at radius 2 is 1.76 bits per heavy atom. The Kier molecular flexibility index (Phi) is 4.15. The molecule has 1 atom stereocenters. The Bertz CT molecular complexity index is 798. The molecule has 0 bridgehead atoms. The van der Waals surface area contributed by atoms with E-state index in [1.54, 1.807) is 4.57 Å². The molecule has 2 aromatic carbocycles. The maximum absolute atomic E-state index is 12.2. The maximum atomic E-state index is 12.2. The summed E-state index contributed by atoms with van der Waals surface area (Å²) in [6, 6.07) is 18.0. The van der Waals surface area contributed by atoms with Crippen molar-refractivity contribution in [3.8, 4) is 0 Å². The second kappa shape index (κ2) is 6.22. The van der Waals surface area contributed by atoms with Crippen LogP contribution in [-0.2, 0) is 6.54 Å². The molecule has 0 saturated carbocycles. The van der Waals surface area contributed by atoms with Gasteiger partial charge in [0.05, 0.1) is 17.2 Å². The zero-order valence-electron chi connectivity index (χ0n) is 11.4. The van der Waals surface area contributed by atoms with E-state index in [4.69, 9.17) is 0 Å². The fourth-order valence-corrected chi connectivity index (χ4v) is 3.07. The molecule has 0 N–H and O–H groups in total. The highest BCUT2D eigenvalue weighted by Crippen LogP contribution is 2.21. The molecule has 0 aliphatic heterocycles. The molecule has 1 unspecified atom stereocenters. The normalized spacial score (nSPS) is 12.4. The molecule has 0 spiro atoms. The van der Waals surface area contributed by atoms with Crippen molar-refractivity contribution in [3.05, 3.63) is 76.7 Å². The second-order valence-corrected chi connectivity index (χ2v) is 5.61. The van der Waals surface area contributed by atoms with E-state index in [1.165, 1.54) is 11.8 Å². The number of aromatic nitrogens is 2. The van der Waals surface area contributed by atoms with Crippen LogP contribution in [0.25, 0.3) is 11.0 Å². The molecule has 0 aliphatic carbocycles. The van der Waals surface area contributed by atoms with E-state index >= 15 is 0 Å². The molecule has 21 heavy (non-hydrogen) atoms. The molecule has 1 heterocycles. The van der Waals surface area contributed by atoms with Crippen molar-refractivity contribution in [1.82, 2.24) is 9.55 Å². The molecule has 1 aromatic heterocycles. The van der Waals surface area contributed by atoms with Crippen LogP contribution >= 0.6 is 15.9 Å². The van der Waals surface area contributed by atoms with Gasteiger partial charge in [-0.25, -0.2) is 4.98 Å². The topological polar surface area (TPSA) is 34.9 Å². The van der Waals surface area contributed by atoms with Crippen LogP contribution in [0.4, 0.5) is 0 Å². The van der Waals surface area contributed by atoms with Crippen LogP contribution in [-0.4, -0.2) is 14.9 Å². The van der Waals surface area contributed by atoms with Gasteiger partial charge >= 0.3 is 0 Å². The van der Waals surface area contributed by atoms with Crippen LogP contribution in [0.5, 0.6) is 0 Å². The molecule has 3 rings (SSSR count). The fourth-order valence-electron chi connectivity index (χ4n) is 2.49. The lowest BCUT2D eigenvalue weighted by Gasteiger charge is -2.17. The van der Waals surface area contributed by atoms with Gasteiger partial charge in [0.15, 0.2) is 0 Å². The van der Waals surface area contributed by atoms with Crippen molar-refractivity contribution < 1.29 is 0 Å². The quantitative estimate of drug-likeness (QED) is 0.679. The Morgan fingerprint density at radius 3 is 2.52 bits per heavy atom. The van der Waals surface area contributed by atoms with E-state index in [9.17, 15) is 4.79 Å². The monoisotopic (exact) mass is 342 g/mol. The minimum absolute atomic E-state index is 0.0596. The van der Waals surface area contributed by atoms with E-state index < -0.39 is 0 Å². The van der Waals surface area contributed by atoms with Gasteiger partial charge in [0.25, 0.3) is 5.56 Å². The molecule has 3 nitrogen and oxygen atoms in total. The number of halogens is 1. The van der Waals surface area contributed by atoms with Gasteiger partial charge in [-0.2, -0.15) is 0 Å². The summed E-state index contributed by atoms with van der Waals surface area (Å²) in [4.78, 5) is 16.4. The van der Waals surface area contributed by atoms with Gasteiger partial charge in [0.1, 0.15) is 0 Å². The van der Waals surface area contributed by atoms with Gasteiger partial charge in [-0.05, 0) is 17.7 Å². The predicted molar refractivity (Wildman–Crippen MR) is 89.0 cm³/mol. The molecule has 4 heteroatoms. The molecule has 3 aromatic rings. The van der Waals surface area contributed by atoms with E-state index in [0.717, 1.165) is 16.4 Å². The smallest absolute Gasteiger partial charge is 0.269 e. The molecule has 0 radical (unpaired) electrons. The molecule has 0 amide bonds. The van der Waals surface area contributed by atoms with E-state index in [0.29, 0.717) is 6.54 Å². The van der Waals surface area contributed by atoms with Crippen LogP contribution < -0.4 is 5.56 Å². The lowest BCUT2D eigenvalue weighted by molar-refractivity contribution is 0.604. The summed E-state index contributed by atoms with van der Waals surface area (Å²) in [6.07, 6.45) is 1.40. The number of para-hydroxylation sites is 2. The molecule has 0 saturated heterocycles. The summed E-state index contributed by atoms with van der Waals surface area (Å²) in [7, 11) is 0. The van der Waals surface area contributed by atoms with Crippen LogP contribution in [0, 0.1) is 0 Å². The van der Waals surface area contributed by atoms with Gasteiger partial charge in [-0.1, -0.05) is 58.4 Å². The van der Waals surface area contributed by atoms with Crippen molar-refractivity contribution in [2.75, 3.05) is 5.33 Å². The van der Waals surface area contributed by atoms with Crippen molar-refractivity contribution in [3.63, 3.8) is 0 Å². The van der Waals surface area contributed by atoms with Gasteiger partial charge in [-0.3, -0.25) is 4.79 Å². The van der Waals surface area contributed by atoms with Crippen LogP contribution in [0.1, 0.15) is 11.5 Å². The van der Waals surface area contributed by atoms with E-state index in [-0.39, 0.29) is 11.5 Å². The highest BCUT2D eigenvalue weighted by atomic mass is 79.9. The first-order chi connectivity index (χ1) is 10.3. The number of alkyl halides is 1. The standard InChI is InChI=1S/C17H15BrN2O/c18-10-14(13-6-2-1-3-7-13)12-20-16-9-5-4-8-15(16)19-11-17(20)21/h1-9,11,14H,10,12H2. The third-order valence-corrected chi connectivity index (χ3v) is 4.39. The first-order valence-corrected chi connectivity index (χ1v) is 7.97. The number of fused-ring (bicyclic) bond motifs is 1. The number of benzene rings is 2. The lowest BCUT2D eigenvalue weighted by atomic mass is 10.0. The number of hydrogen-bond acceptors (Lipinski definition) is 2. The summed E-state index contributed by atoms with van der Waals surface area (Å²) in [5.41, 5.74) is 2.89. The first kappa shape index (κ1) is 14.0. The van der Waals surface area contributed by atoms with E-state index in [2.05, 4.69) is 33.0 Å². The summed E-state index contributed by atoms with van der Waals surface area (Å²) in [6.45, 7) is 0.636. The summed E-state index contributed by atoms with van der Waals surface area (Å²) < 4.78 is 1.81. The predicted octanol–water partition coefficient (Wildman–Crippen LogP) is 3.58. The zero-order valence-corrected chi connectivity index (χ0v) is 13.0. The third-order valence-electron chi connectivity index (χ3n) is 3.61. The summed E-state index contributed by atoms with van der Waals surface area (Å²) in [5, 5.41) is 0.806. The zero-order chi connectivity index (χ0) is 14.7. The summed E-state index contributed by atoms with van der Waals surface area (Å²) >= 11 is 3.57. The molecular weight excluding hydrogens is 328 g/mol. The lowest BCUT2D eigenvalue weighted by Crippen LogP contribution is -2.24. The average molecular weight is 343 g/mol.